The Hall–Kier alpha value is -2.42. The molecule has 0 aromatic heterocycles. The first-order valence-electron chi connectivity index (χ1n) is 5.76. The van der Waals surface area contributed by atoms with Crippen molar-refractivity contribution in [2.24, 2.45) is 0 Å². The molecule has 88 valence electrons. The van der Waals surface area contributed by atoms with Crippen molar-refractivity contribution in [3.8, 4) is 5.75 Å². The average molecular weight is 236 g/mol. The summed E-state index contributed by atoms with van der Waals surface area (Å²) in [5.74, 6) is 0.432. The van der Waals surface area contributed by atoms with Crippen molar-refractivity contribution >= 4 is 11.6 Å². The van der Waals surface area contributed by atoms with E-state index in [2.05, 4.69) is 0 Å². The van der Waals surface area contributed by atoms with Crippen molar-refractivity contribution < 1.29 is 4.74 Å². The van der Waals surface area contributed by atoms with Gasteiger partial charge in [0.05, 0.1) is 5.71 Å². The molecular weight excluding hydrogens is 224 g/mol. The molecule has 0 aliphatic carbocycles. The lowest BCUT2D eigenvalue weighted by atomic mass is 9.91. The summed E-state index contributed by atoms with van der Waals surface area (Å²) in [6, 6.07) is 17.0. The molecule has 0 amide bonds. The van der Waals surface area contributed by atoms with Crippen LogP contribution in [0.4, 0.5) is 0 Å². The Balaban J connectivity index is 2.03. The Kier molecular flexibility index (Phi) is 2.45. The number of ether oxygens (including phenoxy) is 1. The summed E-state index contributed by atoms with van der Waals surface area (Å²) in [5.41, 5.74) is 2.13. The number of benzene rings is 2. The van der Waals surface area contributed by atoms with E-state index in [-0.39, 0.29) is 11.8 Å². The maximum absolute atomic E-state index is 8.27. The zero-order valence-corrected chi connectivity index (χ0v) is 9.68. The van der Waals surface area contributed by atoms with E-state index in [0.29, 0.717) is 11.5 Å². The van der Waals surface area contributed by atoms with Crippen LogP contribution in [0.3, 0.4) is 0 Å². The molecule has 0 fully saturated rings. The minimum Gasteiger partial charge on any atom is -0.442 e. The van der Waals surface area contributed by atoms with Crippen LogP contribution in [0.25, 0.3) is 0 Å². The average Bonchev–Trinajstić information content (AvgIpc) is 2.75. The van der Waals surface area contributed by atoms with E-state index in [1.165, 1.54) is 0 Å². The fourth-order valence-electron chi connectivity index (χ4n) is 2.20. The topological polar surface area (TPSA) is 56.9 Å². The van der Waals surface area contributed by atoms with Crippen LogP contribution in [-0.2, 0) is 0 Å². The molecule has 2 N–H and O–H groups in total. The fourth-order valence-corrected chi connectivity index (χ4v) is 2.20. The first-order valence-corrected chi connectivity index (χ1v) is 5.76. The van der Waals surface area contributed by atoms with Crippen LogP contribution in [0.1, 0.15) is 17.0 Å². The molecule has 3 nitrogen and oxygen atoms in total. The number of fused-ring (bicyclic) bond motifs is 1. The summed E-state index contributed by atoms with van der Waals surface area (Å²) in [6.45, 7) is 0. The van der Waals surface area contributed by atoms with Crippen molar-refractivity contribution in [2.75, 3.05) is 0 Å². The molecule has 0 radical (unpaired) electrons. The minimum atomic E-state index is -0.386. The lowest BCUT2D eigenvalue weighted by Crippen LogP contribution is -2.19. The number of hydrogen-bond donors (Lipinski definition) is 2. The fraction of sp³-hybridized carbons (Fsp3) is 0.0667. The van der Waals surface area contributed by atoms with Gasteiger partial charge in [-0.1, -0.05) is 48.5 Å². The molecule has 1 heterocycles. The molecule has 1 aliphatic rings. The summed E-state index contributed by atoms with van der Waals surface area (Å²) in [5, 5.41) is 16.2. The standard InChI is InChI=1S/C15H12N2O/c16-14(10-6-2-1-3-7-10)13-11-8-4-5-9-12(11)18-15(13)17/h1-9,13,16-17H. The van der Waals surface area contributed by atoms with Gasteiger partial charge in [0.25, 0.3) is 0 Å². The van der Waals surface area contributed by atoms with Gasteiger partial charge < -0.3 is 10.1 Å². The highest BCUT2D eigenvalue weighted by molar-refractivity contribution is 6.17. The van der Waals surface area contributed by atoms with Crippen LogP contribution in [0.2, 0.25) is 0 Å². The molecule has 0 saturated carbocycles. The Morgan fingerprint density at radius 2 is 1.61 bits per heavy atom. The third kappa shape index (κ3) is 1.61. The summed E-state index contributed by atoms with van der Waals surface area (Å²) >= 11 is 0. The molecule has 0 saturated heterocycles. The smallest absolute Gasteiger partial charge is 0.201 e. The van der Waals surface area contributed by atoms with Gasteiger partial charge in [-0.05, 0) is 11.6 Å². The van der Waals surface area contributed by atoms with Crippen LogP contribution in [0.15, 0.2) is 54.6 Å². The molecule has 2 aromatic carbocycles. The van der Waals surface area contributed by atoms with Crippen LogP contribution >= 0.6 is 0 Å². The third-order valence-corrected chi connectivity index (χ3v) is 3.09. The van der Waals surface area contributed by atoms with Gasteiger partial charge in [-0.15, -0.1) is 0 Å². The second kappa shape index (κ2) is 4.11. The Morgan fingerprint density at radius 1 is 0.944 bits per heavy atom. The number of hydrogen-bond acceptors (Lipinski definition) is 3. The predicted molar refractivity (Wildman–Crippen MR) is 70.8 cm³/mol. The highest BCUT2D eigenvalue weighted by Crippen LogP contribution is 2.36. The maximum Gasteiger partial charge on any atom is 0.201 e. The largest absolute Gasteiger partial charge is 0.442 e. The summed E-state index contributed by atoms with van der Waals surface area (Å²) < 4.78 is 5.40. The monoisotopic (exact) mass is 236 g/mol. The van der Waals surface area contributed by atoms with Crippen LogP contribution in [0, 0.1) is 10.8 Å². The second-order valence-corrected chi connectivity index (χ2v) is 4.22. The molecule has 2 aromatic rings. The van der Waals surface area contributed by atoms with Gasteiger partial charge in [-0.3, -0.25) is 5.41 Å². The van der Waals surface area contributed by atoms with E-state index in [1.807, 2.05) is 54.6 Å². The highest BCUT2D eigenvalue weighted by Gasteiger charge is 2.33. The van der Waals surface area contributed by atoms with Crippen molar-refractivity contribution in [3.05, 3.63) is 65.7 Å². The quantitative estimate of drug-likeness (QED) is 0.773. The SMILES string of the molecule is N=C1Oc2ccccc2C1C(=N)c1ccccc1. The Labute approximate surface area is 105 Å². The normalized spacial score (nSPS) is 17.1. The summed E-state index contributed by atoms with van der Waals surface area (Å²) in [6.07, 6.45) is 0. The van der Waals surface area contributed by atoms with E-state index in [4.69, 9.17) is 15.6 Å². The molecule has 1 atom stereocenters. The molecule has 3 rings (SSSR count). The molecule has 1 unspecified atom stereocenters. The molecule has 18 heavy (non-hydrogen) atoms. The highest BCUT2D eigenvalue weighted by atomic mass is 16.5. The van der Waals surface area contributed by atoms with Gasteiger partial charge in [0.2, 0.25) is 5.90 Å². The number of rotatable bonds is 2. The van der Waals surface area contributed by atoms with Crippen LogP contribution in [-0.4, -0.2) is 11.6 Å². The van der Waals surface area contributed by atoms with Crippen molar-refractivity contribution in [3.63, 3.8) is 0 Å². The summed E-state index contributed by atoms with van der Waals surface area (Å²) in [4.78, 5) is 0. The predicted octanol–water partition coefficient (Wildman–Crippen LogP) is 3.21. The first-order chi connectivity index (χ1) is 8.77. The summed E-state index contributed by atoms with van der Waals surface area (Å²) in [7, 11) is 0. The van der Waals surface area contributed by atoms with Gasteiger partial charge in [0.1, 0.15) is 11.7 Å². The first kappa shape index (κ1) is 10.7. The van der Waals surface area contributed by atoms with Gasteiger partial charge >= 0.3 is 0 Å². The maximum atomic E-state index is 8.27. The molecule has 0 spiro atoms. The van der Waals surface area contributed by atoms with Crippen molar-refractivity contribution in [1.29, 1.82) is 10.8 Å². The van der Waals surface area contributed by atoms with E-state index in [9.17, 15) is 0 Å². The Bertz CT molecular complexity index is 619. The Morgan fingerprint density at radius 3 is 2.39 bits per heavy atom. The molecule has 1 aliphatic heterocycles. The number of nitrogens with one attached hydrogen (secondary N) is 2. The molecule has 0 bridgehead atoms. The van der Waals surface area contributed by atoms with Crippen LogP contribution < -0.4 is 4.74 Å². The minimum absolute atomic E-state index is 0.130. The van der Waals surface area contributed by atoms with E-state index >= 15 is 0 Å². The number of para-hydroxylation sites is 1. The van der Waals surface area contributed by atoms with E-state index in [1.54, 1.807) is 0 Å². The van der Waals surface area contributed by atoms with Gasteiger partial charge in [0.15, 0.2) is 0 Å². The lowest BCUT2D eigenvalue weighted by Gasteiger charge is -2.10. The lowest BCUT2D eigenvalue weighted by molar-refractivity contribution is 0.558. The molecule has 3 heteroatoms. The van der Waals surface area contributed by atoms with Gasteiger partial charge in [-0.25, -0.2) is 0 Å². The van der Waals surface area contributed by atoms with Crippen molar-refractivity contribution in [1.82, 2.24) is 0 Å². The second-order valence-electron chi connectivity index (χ2n) is 4.22. The van der Waals surface area contributed by atoms with E-state index < -0.39 is 0 Å². The van der Waals surface area contributed by atoms with Gasteiger partial charge in [0, 0.05) is 5.56 Å². The zero-order valence-electron chi connectivity index (χ0n) is 9.68. The van der Waals surface area contributed by atoms with Crippen LogP contribution in [0.5, 0.6) is 5.75 Å². The van der Waals surface area contributed by atoms with Crippen molar-refractivity contribution in [2.45, 2.75) is 5.92 Å². The van der Waals surface area contributed by atoms with E-state index in [0.717, 1.165) is 11.1 Å². The molecular formula is C15H12N2O. The zero-order chi connectivity index (χ0) is 12.5. The third-order valence-electron chi connectivity index (χ3n) is 3.09. The van der Waals surface area contributed by atoms with Gasteiger partial charge in [-0.2, -0.15) is 0 Å².